The number of benzene rings is 2. The Balaban J connectivity index is 2.18. The number of hydrogen-bond donors (Lipinski definition) is 1. The van der Waals surface area contributed by atoms with Crippen LogP contribution in [-0.4, -0.2) is 5.97 Å². The van der Waals surface area contributed by atoms with Gasteiger partial charge in [-0.25, -0.2) is 18.0 Å². The zero-order chi connectivity index (χ0) is 15.6. The molecule has 0 fully saturated rings. The van der Waals surface area contributed by atoms with Gasteiger partial charge in [-0.2, -0.15) is 0 Å². The quantitative estimate of drug-likeness (QED) is 0.694. The molecule has 0 aromatic heterocycles. The molecule has 0 aliphatic heterocycles. The summed E-state index contributed by atoms with van der Waals surface area (Å²) < 4.78 is 45.0. The minimum atomic E-state index is -1.15. The van der Waals surface area contributed by atoms with Gasteiger partial charge in [-0.1, -0.05) is 17.7 Å². The zero-order valence-electron chi connectivity index (χ0n) is 10.5. The lowest BCUT2D eigenvalue weighted by Gasteiger charge is -2.09. The molecule has 2 aromatic rings. The summed E-state index contributed by atoms with van der Waals surface area (Å²) in [5, 5.41) is 0.0618. The van der Waals surface area contributed by atoms with Gasteiger partial charge in [-0.3, -0.25) is 0 Å². The van der Waals surface area contributed by atoms with Crippen LogP contribution in [0.5, 0.6) is 0 Å². The van der Waals surface area contributed by atoms with Crippen molar-refractivity contribution in [2.75, 3.05) is 5.73 Å². The van der Waals surface area contributed by atoms with Crippen LogP contribution >= 0.6 is 11.6 Å². The molecule has 0 aliphatic rings. The van der Waals surface area contributed by atoms with Gasteiger partial charge < -0.3 is 10.5 Å². The molecule has 0 saturated heterocycles. The first kappa shape index (κ1) is 15.2. The molecule has 0 unspecified atom stereocenters. The lowest BCUT2D eigenvalue weighted by atomic mass is 10.2. The number of hydrogen-bond acceptors (Lipinski definition) is 3. The Morgan fingerprint density at radius 1 is 1.14 bits per heavy atom. The van der Waals surface area contributed by atoms with Crippen molar-refractivity contribution >= 4 is 23.3 Å². The van der Waals surface area contributed by atoms with Crippen molar-refractivity contribution in [3.63, 3.8) is 0 Å². The lowest BCUT2D eigenvalue weighted by molar-refractivity contribution is 0.0463. The Hall–Kier alpha value is -2.21. The monoisotopic (exact) mass is 315 g/mol. The SMILES string of the molecule is Nc1cc(F)c(C(=O)OCc2c(F)cccc2Cl)cc1F. The number of rotatable bonds is 3. The number of anilines is 1. The first-order valence-corrected chi connectivity index (χ1v) is 6.12. The van der Waals surface area contributed by atoms with Gasteiger partial charge in [0.15, 0.2) is 0 Å². The molecule has 110 valence electrons. The van der Waals surface area contributed by atoms with E-state index in [0.29, 0.717) is 12.1 Å². The molecule has 0 radical (unpaired) electrons. The molecule has 0 amide bonds. The zero-order valence-corrected chi connectivity index (χ0v) is 11.3. The Morgan fingerprint density at radius 3 is 2.52 bits per heavy atom. The van der Waals surface area contributed by atoms with Gasteiger partial charge >= 0.3 is 5.97 Å². The largest absolute Gasteiger partial charge is 0.457 e. The Bertz CT molecular complexity index is 687. The van der Waals surface area contributed by atoms with E-state index in [9.17, 15) is 18.0 Å². The highest BCUT2D eigenvalue weighted by Crippen LogP contribution is 2.21. The number of esters is 1. The number of halogens is 4. The fourth-order valence-electron chi connectivity index (χ4n) is 1.60. The van der Waals surface area contributed by atoms with Gasteiger partial charge in [-0.15, -0.1) is 0 Å². The number of carbonyl (C=O) groups is 1. The predicted molar refractivity (Wildman–Crippen MR) is 71.3 cm³/mol. The molecular weight excluding hydrogens is 307 g/mol. The topological polar surface area (TPSA) is 52.3 Å². The Labute approximate surface area is 123 Å². The molecular formula is C14H9ClF3NO2. The van der Waals surface area contributed by atoms with Crippen LogP contribution in [0.4, 0.5) is 18.9 Å². The highest BCUT2D eigenvalue weighted by molar-refractivity contribution is 6.31. The first-order chi connectivity index (χ1) is 9.90. The van der Waals surface area contributed by atoms with E-state index >= 15 is 0 Å². The van der Waals surface area contributed by atoms with E-state index in [4.69, 9.17) is 22.1 Å². The first-order valence-electron chi connectivity index (χ1n) is 5.74. The molecule has 0 heterocycles. The predicted octanol–water partition coefficient (Wildman–Crippen LogP) is 3.70. The van der Waals surface area contributed by atoms with Crippen LogP contribution < -0.4 is 5.73 Å². The summed E-state index contributed by atoms with van der Waals surface area (Å²) >= 11 is 5.75. The van der Waals surface area contributed by atoms with Crippen molar-refractivity contribution < 1.29 is 22.7 Å². The molecule has 0 saturated carbocycles. The van der Waals surface area contributed by atoms with Crippen LogP contribution in [0.1, 0.15) is 15.9 Å². The smallest absolute Gasteiger partial charge is 0.341 e. The summed E-state index contributed by atoms with van der Waals surface area (Å²) in [7, 11) is 0. The molecule has 2 aromatic carbocycles. The Morgan fingerprint density at radius 2 is 1.86 bits per heavy atom. The summed E-state index contributed by atoms with van der Waals surface area (Å²) in [4.78, 5) is 11.7. The van der Waals surface area contributed by atoms with E-state index in [2.05, 4.69) is 0 Å². The van der Waals surface area contributed by atoms with E-state index in [-0.39, 0.29) is 10.6 Å². The molecule has 0 spiro atoms. The second-order valence-electron chi connectivity index (χ2n) is 4.13. The fourth-order valence-corrected chi connectivity index (χ4v) is 1.82. The number of nitrogen functional groups attached to an aromatic ring is 1. The van der Waals surface area contributed by atoms with Crippen molar-refractivity contribution in [2.24, 2.45) is 0 Å². The van der Waals surface area contributed by atoms with E-state index in [1.54, 1.807) is 0 Å². The normalized spacial score (nSPS) is 10.5. The van der Waals surface area contributed by atoms with Crippen LogP contribution in [-0.2, 0) is 11.3 Å². The molecule has 21 heavy (non-hydrogen) atoms. The summed E-state index contributed by atoms with van der Waals surface area (Å²) in [6, 6.07) is 5.23. The van der Waals surface area contributed by atoms with Crippen LogP contribution in [0.15, 0.2) is 30.3 Å². The average Bonchev–Trinajstić information content (AvgIpc) is 2.42. The summed E-state index contributed by atoms with van der Waals surface area (Å²) in [6.07, 6.45) is 0. The highest BCUT2D eigenvalue weighted by atomic mass is 35.5. The number of carbonyl (C=O) groups excluding carboxylic acids is 1. The van der Waals surface area contributed by atoms with Crippen LogP contribution in [0.3, 0.4) is 0 Å². The van der Waals surface area contributed by atoms with Crippen LogP contribution in [0.25, 0.3) is 0 Å². The molecule has 0 aliphatic carbocycles. The van der Waals surface area contributed by atoms with Crippen LogP contribution in [0.2, 0.25) is 5.02 Å². The van der Waals surface area contributed by atoms with E-state index < -0.39 is 41.3 Å². The van der Waals surface area contributed by atoms with Crippen LogP contribution in [0, 0.1) is 17.5 Å². The second-order valence-corrected chi connectivity index (χ2v) is 4.54. The molecule has 2 rings (SSSR count). The van der Waals surface area contributed by atoms with Crippen molar-refractivity contribution in [1.82, 2.24) is 0 Å². The van der Waals surface area contributed by atoms with Gasteiger partial charge in [-0.05, 0) is 18.2 Å². The number of ether oxygens (including phenoxy) is 1. The molecule has 3 nitrogen and oxygen atoms in total. The number of nitrogens with two attached hydrogens (primary N) is 1. The average molecular weight is 316 g/mol. The maximum Gasteiger partial charge on any atom is 0.341 e. The summed E-state index contributed by atoms with van der Waals surface area (Å²) in [6.45, 7) is -0.504. The maximum absolute atomic E-state index is 13.5. The Kier molecular flexibility index (Phi) is 4.37. The molecule has 2 N–H and O–H groups in total. The minimum absolute atomic E-state index is 0.0520. The van der Waals surface area contributed by atoms with Crippen molar-refractivity contribution in [3.05, 3.63) is 63.9 Å². The lowest BCUT2D eigenvalue weighted by Crippen LogP contribution is -2.10. The van der Waals surface area contributed by atoms with E-state index in [1.165, 1.54) is 12.1 Å². The summed E-state index contributed by atoms with van der Waals surface area (Å²) in [5.74, 6) is -3.80. The van der Waals surface area contributed by atoms with Gasteiger partial charge in [0.2, 0.25) is 0 Å². The third kappa shape index (κ3) is 3.28. The van der Waals surface area contributed by atoms with E-state index in [1.807, 2.05) is 0 Å². The maximum atomic E-state index is 13.5. The van der Waals surface area contributed by atoms with Crippen molar-refractivity contribution in [2.45, 2.75) is 6.61 Å². The standard InChI is InChI=1S/C14H9ClF3NO2/c15-9-2-1-3-10(16)8(9)6-21-14(20)7-4-12(18)13(19)5-11(7)17/h1-5H,6,19H2. The summed E-state index contributed by atoms with van der Waals surface area (Å²) in [5.41, 5.74) is 4.05. The van der Waals surface area contributed by atoms with Crippen molar-refractivity contribution in [3.8, 4) is 0 Å². The van der Waals surface area contributed by atoms with Gasteiger partial charge in [0, 0.05) is 11.6 Å². The minimum Gasteiger partial charge on any atom is -0.457 e. The van der Waals surface area contributed by atoms with Gasteiger partial charge in [0.05, 0.1) is 16.3 Å². The van der Waals surface area contributed by atoms with Gasteiger partial charge in [0.1, 0.15) is 24.1 Å². The molecule has 0 bridgehead atoms. The van der Waals surface area contributed by atoms with Crippen molar-refractivity contribution in [1.29, 1.82) is 0 Å². The second kappa shape index (κ2) is 6.05. The molecule has 7 heteroatoms. The van der Waals surface area contributed by atoms with Gasteiger partial charge in [0.25, 0.3) is 0 Å². The fraction of sp³-hybridized carbons (Fsp3) is 0.0714. The molecule has 0 atom stereocenters. The highest BCUT2D eigenvalue weighted by Gasteiger charge is 2.18. The third-order valence-electron chi connectivity index (χ3n) is 2.72. The third-order valence-corrected chi connectivity index (χ3v) is 3.07. The van der Waals surface area contributed by atoms with E-state index in [0.717, 1.165) is 6.07 Å².